The Morgan fingerprint density at radius 2 is 1.91 bits per heavy atom. The number of amides is 2. The van der Waals surface area contributed by atoms with Crippen LogP contribution in [0.15, 0.2) is 48.0 Å². The lowest BCUT2D eigenvalue weighted by Gasteiger charge is -2.31. The molecule has 2 aromatic rings. The van der Waals surface area contributed by atoms with Gasteiger partial charge in [-0.2, -0.15) is 0 Å². The Morgan fingerprint density at radius 1 is 1.24 bits per heavy atom. The average Bonchev–Trinajstić information content (AvgIpc) is 3.21. The predicted molar refractivity (Wildman–Crippen MR) is 121 cm³/mol. The molecule has 0 bridgehead atoms. The lowest BCUT2D eigenvalue weighted by Crippen LogP contribution is -2.50. The van der Waals surface area contributed by atoms with E-state index in [4.69, 9.17) is 4.74 Å². The van der Waals surface area contributed by atoms with E-state index in [-0.39, 0.29) is 18.2 Å². The van der Waals surface area contributed by atoms with Crippen molar-refractivity contribution in [2.45, 2.75) is 46.1 Å². The Bertz CT molecular complexity index is 1160. The Kier molecular flexibility index (Phi) is 5.90. The Morgan fingerprint density at radius 3 is 2.55 bits per heavy atom. The zero-order valence-corrected chi connectivity index (χ0v) is 18.6. The maximum atomic E-state index is 13.4. The van der Waals surface area contributed by atoms with Gasteiger partial charge in [-0.3, -0.25) is 14.9 Å². The number of rotatable bonds is 3. The summed E-state index contributed by atoms with van der Waals surface area (Å²) in [5.74, 6) is -0.236. The van der Waals surface area contributed by atoms with Crippen molar-refractivity contribution in [2.75, 3.05) is 11.4 Å². The summed E-state index contributed by atoms with van der Waals surface area (Å²) in [6.07, 6.45) is 0.294. The first-order valence-electron chi connectivity index (χ1n) is 10.6. The average molecular weight is 451 g/mol. The number of benzene rings is 2. The van der Waals surface area contributed by atoms with E-state index < -0.39 is 23.3 Å². The second kappa shape index (κ2) is 8.67. The van der Waals surface area contributed by atoms with Crippen LogP contribution in [0.3, 0.4) is 0 Å². The van der Waals surface area contributed by atoms with Crippen molar-refractivity contribution in [3.05, 3.63) is 80.4 Å². The number of aryl methyl sites for hydroxylation is 2. The van der Waals surface area contributed by atoms with Gasteiger partial charge < -0.3 is 14.7 Å². The van der Waals surface area contributed by atoms with E-state index in [1.165, 1.54) is 24.3 Å². The van der Waals surface area contributed by atoms with Gasteiger partial charge in [0.05, 0.1) is 22.2 Å². The monoisotopic (exact) mass is 451 g/mol. The molecule has 2 heterocycles. The number of carbonyl (C=O) groups is 2. The molecule has 0 aromatic heterocycles. The van der Waals surface area contributed by atoms with Crippen molar-refractivity contribution < 1.29 is 24.4 Å². The van der Waals surface area contributed by atoms with E-state index in [0.717, 1.165) is 21.6 Å². The molecule has 1 fully saturated rings. The molecule has 4 rings (SSSR count). The normalized spacial score (nSPS) is 21.0. The van der Waals surface area contributed by atoms with Crippen molar-refractivity contribution >= 4 is 23.4 Å². The predicted octanol–water partition coefficient (Wildman–Crippen LogP) is 3.85. The molecule has 0 saturated carbocycles. The first-order chi connectivity index (χ1) is 15.7. The van der Waals surface area contributed by atoms with Crippen LogP contribution in [-0.4, -0.2) is 45.7 Å². The minimum atomic E-state index is -1.29. The molecule has 2 aliphatic heterocycles. The van der Waals surface area contributed by atoms with Gasteiger partial charge in [0.25, 0.3) is 11.6 Å². The molecule has 2 aromatic carbocycles. The third-order valence-corrected chi connectivity index (χ3v) is 6.33. The van der Waals surface area contributed by atoms with Gasteiger partial charge >= 0.3 is 6.09 Å². The number of hydrogen-bond donors (Lipinski definition) is 1. The molecule has 33 heavy (non-hydrogen) atoms. The number of allylic oxidation sites excluding steroid dienone is 1. The molecule has 0 spiro atoms. The molecule has 1 unspecified atom stereocenters. The fourth-order valence-electron chi connectivity index (χ4n) is 4.25. The standard InChI is InChI=1S/C24H25N3O6/c1-4-16-11-21-23(29)26(24(30)33-13-17-5-7-18(8-6-17)27(31)32)20-10-15(3)14(2)9-19(20)22(28)25(21)12-16/h4-10,21,23,29H,11-13H2,1-3H3/t21-,23?/m0/s1. The second-order valence-corrected chi connectivity index (χ2v) is 8.37. The van der Waals surface area contributed by atoms with Crippen LogP contribution in [0, 0.1) is 24.0 Å². The summed E-state index contributed by atoms with van der Waals surface area (Å²) in [5, 5.41) is 22.1. The molecular weight excluding hydrogens is 426 g/mol. The lowest BCUT2D eigenvalue weighted by molar-refractivity contribution is -0.384. The topological polar surface area (TPSA) is 113 Å². The number of nitro benzene ring substituents is 1. The SMILES string of the molecule is CC=C1C[C@H]2C(O)N(C(=O)OCc3ccc([N+](=O)[O-])cc3)c3cc(C)c(C)cc3C(=O)N2C1. The van der Waals surface area contributed by atoms with Crippen LogP contribution < -0.4 is 4.90 Å². The van der Waals surface area contributed by atoms with E-state index in [1.807, 2.05) is 26.8 Å². The van der Waals surface area contributed by atoms with Crippen LogP contribution in [0.5, 0.6) is 0 Å². The van der Waals surface area contributed by atoms with Crippen molar-refractivity contribution in [1.29, 1.82) is 0 Å². The van der Waals surface area contributed by atoms with Crippen LogP contribution in [-0.2, 0) is 11.3 Å². The van der Waals surface area contributed by atoms with Gasteiger partial charge in [0.1, 0.15) is 6.61 Å². The maximum absolute atomic E-state index is 13.4. The number of ether oxygens (including phenoxy) is 1. The molecule has 2 amide bonds. The van der Waals surface area contributed by atoms with E-state index in [2.05, 4.69) is 0 Å². The highest BCUT2D eigenvalue weighted by molar-refractivity contribution is 6.05. The van der Waals surface area contributed by atoms with Gasteiger partial charge in [-0.25, -0.2) is 9.69 Å². The number of aliphatic hydroxyl groups is 1. The number of anilines is 1. The first kappa shape index (κ1) is 22.5. The molecule has 0 radical (unpaired) electrons. The fraction of sp³-hybridized carbons (Fsp3) is 0.333. The maximum Gasteiger partial charge on any atom is 0.416 e. The second-order valence-electron chi connectivity index (χ2n) is 8.37. The summed E-state index contributed by atoms with van der Waals surface area (Å²) >= 11 is 0. The van der Waals surface area contributed by atoms with Crippen LogP contribution in [0.2, 0.25) is 0 Å². The molecule has 2 aliphatic rings. The number of nitrogens with zero attached hydrogens (tertiary/aromatic N) is 3. The molecule has 0 aliphatic carbocycles. The number of non-ortho nitro benzene ring substituents is 1. The number of aliphatic hydroxyl groups excluding tert-OH is 1. The van der Waals surface area contributed by atoms with Crippen molar-refractivity contribution in [3.8, 4) is 0 Å². The summed E-state index contributed by atoms with van der Waals surface area (Å²) in [4.78, 5) is 39.7. The van der Waals surface area contributed by atoms with E-state index in [9.17, 15) is 24.8 Å². The van der Waals surface area contributed by atoms with Gasteiger partial charge in [-0.1, -0.05) is 11.6 Å². The zero-order chi connectivity index (χ0) is 23.9. The number of carbonyl (C=O) groups excluding carboxylic acids is 2. The van der Waals surface area contributed by atoms with Gasteiger partial charge in [-0.15, -0.1) is 0 Å². The number of nitro groups is 1. The summed E-state index contributed by atoms with van der Waals surface area (Å²) in [5.41, 5.74) is 3.93. The molecule has 172 valence electrons. The minimum absolute atomic E-state index is 0.0626. The Hall–Kier alpha value is -3.72. The van der Waals surface area contributed by atoms with Gasteiger partial charge in [0.2, 0.25) is 0 Å². The largest absolute Gasteiger partial charge is 0.444 e. The summed E-state index contributed by atoms with van der Waals surface area (Å²) in [6, 6.07) is 8.55. The van der Waals surface area contributed by atoms with Crippen molar-refractivity contribution in [3.63, 3.8) is 0 Å². The quantitative estimate of drug-likeness (QED) is 0.431. The smallest absolute Gasteiger partial charge is 0.416 e. The molecule has 1 N–H and O–H groups in total. The van der Waals surface area contributed by atoms with E-state index in [1.54, 1.807) is 17.0 Å². The highest BCUT2D eigenvalue weighted by atomic mass is 16.6. The van der Waals surface area contributed by atoms with E-state index in [0.29, 0.717) is 29.8 Å². The third kappa shape index (κ3) is 4.07. The Labute approximate surface area is 191 Å². The number of fused-ring (bicyclic) bond motifs is 2. The van der Waals surface area contributed by atoms with Crippen LogP contribution in [0.1, 0.15) is 40.4 Å². The molecular formula is C24H25N3O6. The van der Waals surface area contributed by atoms with E-state index >= 15 is 0 Å². The highest BCUT2D eigenvalue weighted by Crippen LogP contribution is 2.37. The molecule has 1 saturated heterocycles. The van der Waals surface area contributed by atoms with Gasteiger partial charge in [0, 0.05) is 18.7 Å². The zero-order valence-electron chi connectivity index (χ0n) is 18.6. The highest BCUT2D eigenvalue weighted by Gasteiger charge is 2.46. The Balaban J connectivity index is 1.67. The summed E-state index contributed by atoms with van der Waals surface area (Å²) < 4.78 is 5.47. The molecule has 2 atom stereocenters. The fourth-order valence-corrected chi connectivity index (χ4v) is 4.25. The summed E-state index contributed by atoms with van der Waals surface area (Å²) in [7, 11) is 0. The van der Waals surface area contributed by atoms with Crippen molar-refractivity contribution in [1.82, 2.24) is 4.90 Å². The van der Waals surface area contributed by atoms with Crippen LogP contribution in [0.4, 0.5) is 16.2 Å². The molecule has 9 nitrogen and oxygen atoms in total. The van der Waals surface area contributed by atoms with Crippen LogP contribution in [0.25, 0.3) is 0 Å². The first-order valence-corrected chi connectivity index (χ1v) is 10.6. The molecule has 9 heteroatoms. The van der Waals surface area contributed by atoms with Crippen molar-refractivity contribution in [2.24, 2.45) is 0 Å². The van der Waals surface area contributed by atoms with Crippen LogP contribution >= 0.6 is 0 Å². The third-order valence-electron chi connectivity index (χ3n) is 6.33. The number of hydrogen-bond acceptors (Lipinski definition) is 6. The lowest BCUT2D eigenvalue weighted by atomic mass is 10.0. The minimum Gasteiger partial charge on any atom is -0.444 e. The van der Waals surface area contributed by atoms with Gasteiger partial charge in [0.15, 0.2) is 6.23 Å². The van der Waals surface area contributed by atoms with Gasteiger partial charge in [-0.05, 0) is 68.1 Å². The summed E-state index contributed by atoms with van der Waals surface area (Å²) in [6.45, 7) is 5.91.